The zero-order valence-electron chi connectivity index (χ0n) is 21.2. The second kappa shape index (κ2) is 11.4. The average molecular weight is 473 g/mol. The minimum atomic E-state index is -0.261. The molecule has 5 nitrogen and oxygen atoms in total. The van der Waals surface area contributed by atoms with E-state index in [-0.39, 0.29) is 18.1 Å². The molecule has 1 fully saturated rings. The minimum Gasteiger partial charge on any atom is -0.486 e. The number of rotatable bonds is 8. The van der Waals surface area contributed by atoms with Gasteiger partial charge >= 0.3 is 0 Å². The van der Waals surface area contributed by atoms with Gasteiger partial charge in [0.15, 0.2) is 0 Å². The number of anilines is 1. The number of nitrogens with zero attached hydrogens (tertiary/aromatic N) is 1. The number of carbonyl (C=O) groups is 1. The van der Waals surface area contributed by atoms with Crippen LogP contribution in [-0.2, 0) is 4.79 Å². The van der Waals surface area contributed by atoms with Gasteiger partial charge in [0.2, 0.25) is 5.91 Å². The molecular formula is C30H36N2O3. The lowest BCUT2D eigenvalue weighted by molar-refractivity contribution is -0.114. The van der Waals surface area contributed by atoms with E-state index in [2.05, 4.69) is 36.3 Å². The highest BCUT2D eigenvalue weighted by Crippen LogP contribution is 2.40. The van der Waals surface area contributed by atoms with Gasteiger partial charge in [-0.15, -0.1) is 0 Å². The van der Waals surface area contributed by atoms with E-state index in [0.29, 0.717) is 5.92 Å². The van der Waals surface area contributed by atoms with E-state index in [0.717, 1.165) is 59.8 Å². The number of benzene rings is 3. The van der Waals surface area contributed by atoms with Crippen molar-refractivity contribution >= 4 is 11.6 Å². The summed E-state index contributed by atoms with van der Waals surface area (Å²) in [5.41, 5.74) is 4.07. The van der Waals surface area contributed by atoms with Gasteiger partial charge in [-0.05, 0) is 93.7 Å². The van der Waals surface area contributed by atoms with E-state index in [9.17, 15) is 4.79 Å². The van der Waals surface area contributed by atoms with E-state index >= 15 is 0 Å². The second-order valence-electron chi connectivity index (χ2n) is 9.50. The van der Waals surface area contributed by atoms with Gasteiger partial charge in [0.25, 0.3) is 0 Å². The van der Waals surface area contributed by atoms with Gasteiger partial charge in [-0.25, -0.2) is 0 Å². The van der Waals surface area contributed by atoms with Crippen molar-refractivity contribution in [1.82, 2.24) is 4.90 Å². The summed E-state index contributed by atoms with van der Waals surface area (Å²) in [6, 6.07) is 24.1. The summed E-state index contributed by atoms with van der Waals surface area (Å²) in [7, 11) is 2.16. The number of carbonyl (C=O) groups excluding carboxylic acids is 1. The largest absolute Gasteiger partial charge is 0.486 e. The van der Waals surface area contributed by atoms with Crippen LogP contribution in [0.1, 0.15) is 68.4 Å². The third kappa shape index (κ3) is 6.43. The molecule has 5 heteroatoms. The van der Waals surface area contributed by atoms with Crippen molar-refractivity contribution in [3.8, 4) is 11.5 Å². The summed E-state index contributed by atoms with van der Waals surface area (Å²) >= 11 is 0. The standard InChI is InChI=1S/C30H36N2O3/c1-21(34-26-13-7-5-8-14-26)25-18-28(22(2)35-27-15-9-6-10-16-27)30(31-23(3)33)29(19-25)24-12-11-17-32(4)20-24/h5-10,13-16,18-19,21-22,24H,11-12,17,20H2,1-4H3,(H,31,33). The van der Waals surface area contributed by atoms with Crippen LogP contribution in [-0.4, -0.2) is 30.9 Å². The highest BCUT2D eigenvalue weighted by molar-refractivity contribution is 5.91. The average Bonchev–Trinajstić information content (AvgIpc) is 2.85. The van der Waals surface area contributed by atoms with Gasteiger partial charge in [0.05, 0.1) is 5.69 Å². The Bertz CT molecular complexity index is 1120. The molecule has 3 unspecified atom stereocenters. The maximum Gasteiger partial charge on any atom is 0.221 e. The smallest absolute Gasteiger partial charge is 0.221 e. The Labute approximate surface area is 209 Å². The fraction of sp³-hybridized carbons (Fsp3) is 0.367. The van der Waals surface area contributed by atoms with E-state index in [1.807, 2.05) is 67.6 Å². The zero-order valence-corrected chi connectivity index (χ0v) is 21.2. The van der Waals surface area contributed by atoms with E-state index in [1.54, 1.807) is 6.92 Å². The molecule has 1 aliphatic rings. The maximum atomic E-state index is 12.3. The van der Waals surface area contributed by atoms with Crippen LogP contribution in [0.5, 0.6) is 11.5 Å². The van der Waals surface area contributed by atoms with Crippen LogP contribution in [0, 0.1) is 0 Å². The van der Waals surface area contributed by atoms with Crippen LogP contribution in [0.3, 0.4) is 0 Å². The number of amides is 1. The van der Waals surface area contributed by atoms with Crippen molar-refractivity contribution < 1.29 is 14.3 Å². The van der Waals surface area contributed by atoms with Gasteiger partial charge in [-0.3, -0.25) is 4.79 Å². The van der Waals surface area contributed by atoms with E-state index < -0.39 is 0 Å². The first-order valence-electron chi connectivity index (χ1n) is 12.5. The molecule has 1 heterocycles. The summed E-state index contributed by atoms with van der Waals surface area (Å²) < 4.78 is 12.6. The van der Waals surface area contributed by atoms with Crippen molar-refractivity contribution in [2.45, 2.75) is 51.7 Å². The second-order valence-corrected chi connectivity index (χ2v) is 9.50. The predicted octanol–water partition coefficient (Wildman–Crippen LogP) is 6.73. The van der Waals surface area contributed by atoms with Gasteiger partial charge in [0, 0.05) is 19.0 Å². The van der Waals surface area contributed by atoms with Crippen molar-refractivity contribution in [3.05, 3.63) is 89.5 Å². The maximum absolute atomic E-state index is 12.3. The van der Waals surface area contributed by atoms with Crippen molar-refractivity contribution in [2.24, 2.45) is 0 Å². The quantitative estimate of drug-likeness (QED) is 0.395. The Morgan fingerprint density at radius 1 is 0.943 bits per heavy atom. The number of hydrogen-bond acceptors (Lipinski definition) is 4. The molecule has 0 aromatic heterocycles. The number of hydrogen-bond donors (Lipinski definition) is 1. The molecule has 1 N–H and O–H groups in total. The molecule has 0 radical (unpaired) electrons. The molecule has 1 aliphatic heterocycles. The summed E-state index contributed by atoms with van der Waals surface area (Å²) in [6.07, 6.45) is 1.79. The molecule has 3 atom stereocenters. The summed E-state index contributed by atoms with van der Waals surface area (Å²) in [6.45, 7) is 7.73. The number of likely N-dealkylation sites (tertiary alicyclic amines) is 1. The summed E-state index contributed by atoms with van der Waals surface area (Å²) in [4.78, 5) is 14.7. The molecule has 3 aromatic carbocycles. The Hall–Kier alpha value is -3.31. The molecule has 35 heavy (non-hydrogen) atoms. The molecule has 1 amide bonds. The molecular weight excluding hydrogens is 436 g/mol. The molecule has 1 saturated heterocycles. The van der Waals surface area contributed by atoms with Crippen LogP contribution in [0.15, 0.2) is 72.8 Å². The van der Waals surface area contributed by atoms with Gasteiger partial charge in [0.1, 0.15) is 23.7 Å². The van der Waals surface area contributed by atoms with Crippen LogP contribution in [0.4, 0.5) is 5.69 Å². The number of likely N-dealkylation sites (N-methyl/N-ethyl adjacent to an activating group) is 1. The van der Waals surface area contributed by atoms with Crippen molar-refractivity contribution in [1.29, 1.82) is 0 Å². The van der Waals surface area contributed by atoms with Crippen LogP contribution in [0.25, 0.3) is 0 Å². The molecule has 0 bridgehead atoms. The fourth-order valence-corrected chi connectivity index (χ4v) is 4.87. The zero-order chi connectivity index (χ0) is 24.8. The first-order valence-corrected chi connectivity index (χ1v) is 12.5. The predicted molar refractivity (Wildman–Crippen MR) is 141 cm³/mol. The van der Waals surface area contributed by atoms with E-state index in [4.69, 9.17) is 9.47 Å². The van der Waals surface area contributed by atoms with Crippen LogP contribution >= 0.6 is 0 Å². The highest BCUT2D eigenvalue weighted by Gasteiger charge is 2.27. The first kappa shape index (κ1) is 24.8. The third-order valence-corrected chi connectivity index (χ3v) is 6.61. The fourth-order valence-electron chi connectivity index (χ4n) is 4.87. The van der Waals surface area contributed by atoms with Gasteiger partial charge < -0.3 is 19.7 Å². The van der Waals surface area contributed by atoms with Crippen LogP contribution < -0.4 is 14.8 Å². The number of para-hydroxylation sites is 2. The topological polar surface area (TPSA) is 50.8 Å². The molecule has 3 aromatic rings. The Balaban J connectivity index is 1.77. The Kier molecular flexibility index (Phi) is 8.09. The third-order valence-electron chi connectivity index (χ3n) is 6.61. The monoisotopic (exact) mass is 472 g/mol. The van der Waals surface area contributed by atoms with Crippen molar-refractivity contribution in [3.63, 3.8) is 0 Å². The summed E-state index contributed by atoms with van der Waals surface area (Å²) in [5, 5.41) is 3.16. The Morgan fingerprint density at radius 2 is 1.54 bits per heavy atom. The van der Waals surface area contributed by atoms with Gasteiger partial charge in [-0.1, -0.05) is 36.4 Å². The lowest BCUT2D eigenvalue weighted by Crippen LogP contribution is -2.31. The number of nitrogens with one attached hydrogen (secondary N) is 1. The SMILES string of the molecule is CC(=O)Nc1c(C2CCCN(C)C2)cc(C(C)Oc2ccccc2)cc1C(C)Oc1ccccc1. The van der Waals surface area contributed by atoms with Crippen LogP contribution in [0.2, 0.25) is 0 Å². The molecule has 184 valence electrons. The number of ether oxygens (including phenoxy) is 2. The molecule has 4 rings (SSSR count). The lowest BCUT2D eigenvalue weighted by atomic mass is 9.85. The number of piperidine rings is 1. The normalized spacial score (nSPS) is 17.9. The van der Waals surface area contributed by atoms with Gasteiger partial charge in [-0.2, -0.15) is 0 Å². The van der Waals surface area contributed by atoms with Crippen molar-refractivity contribution in [2.75, 3.05) is 25.5 Å². The van der Waals surface area contributed by atoms with E-state index in [1.165, 1.54) is 0 Å². The highest BCUT2D eigenvalue weighted by atomic mass is 16.5. The first-order chi connectivity index (χ1) is 16.9. The Morgan fingerprint density at radius 3 is 2.11 bits per heavy atom. The molecule has 0 spiro atoms. The lowest BCUT2D eigenvalue weighted by Gasteiger charge is -2.33. The summed E-state index contributed by atoms with van der Waals surface area (Å²) in [5.74, 6) is 1.87. The molecule has 0 aliphatic carbocycles. The minimum absolute atomic E-state index is 0.0788. The molecule has 0 saturated carbocycles.